The minimum absolute atomic E-state index is 0.185. The Morgan fingerprint density at radius 3 is 2.87 bits per heavy atom. The van der Waals surface area contributed by atoms with Crippen LogP contribution in [0.1, 0.15) is 50.8 Å². The van der Waals surface area contributed by atoms with Crippen molar-refractivity contribution in [2.24, 2.45) is 5.10 Å². The molecule has 7 nitrogen and oxygen atoms in total. The van der Waals surface area contributed by atoms with Crippen LogP contribution in [0.4, 0.5) is 0 Å². The summed E-state index contributed by atoms with van der Waals surface area (Å²) >= 11 is 0. The van der Waals surface area contributed by atoms with Crippen LogP contribution in [0.25, 0.3) is 0 Å². The van der Waals surface area contributed by atoms with E-state index in [1.807, 2.05) is 0 Å². The van der Waals surface area contributed by atoms with Gasteiger partial charge in [-0.15, -0.1) is 0 Å². The number of carbonyl (C=O) groups is 2. The molecule has 0 bridgehead atoms. The van der Waals surface area contributed by atoms with Crippen molar-refractivity contribution in [3.63, 3.8) is 0 Å². The van der Waals surface area contributed by atoms with Gasteiger partial charge in [-0.1, -0.05) is 0 Å². The second-order valence-corrected chi connectivity index (χ2v) is 5.18. The summed E-state index contributed by atoms with van der Waals surface area (Å²) in [5.41, 5.74) is 4.61. The fraction of sp³-hybridized carbons (Fsp3) is 0.312. The van der Waals surface area contributed by atoms with Crippen LogP contribution in [0.15, 0.2) is 32.3 Å². The Balaban J connectivity index is 1.89. The van der Waals surface area contributed by atoms with Gasteiger partial charge in [-0.05, 0) is 31.9 Å². The van der Waals surface area contributed by atoms with Gasteiger partial charge >= 0.3 is 11.9 Å². The van der Waals surface area contributed by atoms with E-state index in [-0.39, 0.29) is 11.5 Å². The van der Waals surface area contributed by atoms with Gasteiger partial charge in [0.1, 0.15) is 5.76 Å². The number of hydrogen-bond donors (Lipinski definition) is 1. The highest BCUT2D eigenvalue weighted by Crippen LogP contribution is 2.30. The third kappa shape index (κ3) is 2.77. The van der Waals surface area contributed by atoms with Gasteiger partial charge in [0.25, 0.3) is 0 Å². The predicted molar refractivity (Wildman–Crippen MR) is 80.4 cm³/mol. The van der Waals surface area contributed by atoms with Crippen molar-refractivity contribution in [3.05, 3.63) is 46.8 Å². The van der Waals surface area contributed by atoms with Crippen LogP contribution in [0.5, 0.6) is 0 Å². The van der Waals surface area contributed by atoms with E-state index in [1.54, 1.807) is 19.1 Å². The Kier molecular flexibility index (Phi) is 4.01. The molecule has 0 radical (unpaired) electrons. The van der Waals surface area contributed by atoms with E-state index in [0.717, 1.165) is 18.4 Å². The molecule has 0 aromatic carbocycles. The second kappa shape index (κ2) is 6.12. The Morgan fingerprint density at radius 2 is 2.17 bits per heavy atom. The number of carbonyl (C=O) groups excluding carboxylic acids is 2. The molecular weight excluding hydrogens is 300 g/mol. The molecule has 3 rings (SSSR count). The molecule has 2 heterocycles. The summed E-state index contributed by atoms with van der Waals surface area (Å²) in [6, 6.07) is 3.18. The van der Waals surface area contributed by atoms with Crippen LogP contribution in [0, 0.1) is 6.92 Å². The molecule has 1 N–H and O–H groups in total. The van der Waals surface area contributed by atoms with E-state index in [4.69, 9.17) is 13.6 Å². The van der Waals surface area contributed by atoms with Crippen LogP contribution < -0.4 is 5.43 Å². The quantitative estimate of drug-likeness (QED) is 0.693. The molecule has 120 valence electrons. The van der Waals surface area contributed by atoms with Crippen molar-refractivity contribution < 1.29 is 23.2 Å². The maximum atomic E-state index is 11.9. The van der Waals surface area contributed by atoms with Crippen LogP contribution >= 0.6 is 0 Å². The summed E-state index contributed by atoms with van der Waals surface area (Å²) in [5.74, 6) is 0.119. The molecule has 0 aliphatic heterocycles. The smallest absolute Gasteiger partial charge is 0.374 e. The zero-order valence-corrected chi connectivity index (χ0v) is 12.8. The molecule has 1 aliphatic rings. The molecule has 0 fully saturated rings. The Bertz CT molecular complexity index is 771. The average Bonchev–Trinajstić information content (AvgIpc) is 3.20. The molecule has 0 spiro atoms. The van der Waals surface area contributed by atoms with E-state index < -0.39 is 11.9 Å². The van der Waals surface area contributed by atoms with Crippen molar-refractivity contribution in [3.8, 4) is 0 Å². The van der Waals surface area contributed by atoms with Crippen LogP contribution in [-0.2, 0) is 11.2 Å². The molecule has 1 amide bonds. The summed E-state index contributed by atoms with van der Waals surface area (Å²) in [6.45, 7) is 1.78. The lowest BCUT2D eigenvalue weighted by Gasteiger charge is -2.13. The van der Waals surface area contributed by atoms with Crippen molar-refractivity contribution in [2.75, 3.05) is 7.11 Å². The summed E-state index contributed by atoms with van der Waals surface area (Å²) in [6.07, 6.45) is 3.66. The fourth-order valence-electron chi connectivity index (χ4n) is 2.65. The Morgan fingerprint density at radius 1 is 1.35 bits per heavy atom. The van der Waals surface area contributed by atoms with E-state index >= 15 is 0 Å². The minimum Gasteiger partial charge on any atom is -0.463 e. The van der Waals surface area contributed by atoms with E-state index in [1.165, 1.54) is 13.4 Å². The number of methoxy groups -OCH3 is 1. The first-order chi connectivity index (χ1) is 11.1. The van der Waals surface area contributed by atoms with Crippen LogP contribution in [0.2, 0.25) is 0 Å². The number of esters is 1. The predicted octanol–water partition coefficient (Wildman–Crippen LogP) is 2.44. The van der Waals surface area contributed by atoms with E-state index in [9.17, 15) is 9.59 Å². The summed E-state index contributed by atoms with van der Waals surface area (Å²) < 4.78 is 15.4. The van der Waals surface area contributed by atoms with Crippen LogP contribution in [-0.4, -0.2) is 24.7 Å². The number of amides is 1. The van der Waals surface area contributed by atoms with Gasteiger partial charge in [0, 0.05) is 17.5 Å². The number of nitrogens with zero attached hydrogens (tertiary/aromatic N) is 1. The van der Waals surface area contributed by atoms with E-state index in [0.29, 0.717) is 23.5 Å². The lowest BCUT2D eigenvalue weighted by atomic mass is 9.93. The number of hydrogen-bond acceptors (Lipinski definition) is 6. The molecule has 0 unspecified atom stereocenters. The van der Waals surface area contributed by atoms with Gasteiger partial charge in [0.05, 0.1) is 19.1 Å². The van der Waals surface area contributed by atoms with Crippen molar-refractivity contribution in [1.29, 1.82) is 0 Å². The largest absolute Gasteiger partial charge is 0.463 e. The number of hydrazone groups is 1. The number of ether oxygens (including phenoxy) is 1. The molecule has 7 heteroatoms. The minimum atomic E-state index is -0.518. The first-order valence-corrected chi connectivity index (χ1v) is 7.23. The van der Waals surface area contributed by atoms with Crippen molar-refractivity contribution >= 4 is 17.6 Å². The monoisotopic (exact) mass is 316 g/mol. The molecule has 2 aromatic rings. The second-order valence-electron chi connectivity index (χ2n) is 5.18. The number of nitrogens with one attached hydrogen (secondary N) is 1. The molecule has 0 saturated heterocycles. The highest BCUT2D eigenvalue weighted by atomic mass is 16.5. The lowest BCUT2D eigenvalue weighted by Crippen LogP contribution is -2.21. The maximum Gasteiger partial charge on any atom is 0.374 e. The maximum absolute atomic E-state index is 11.9. The Labute approximate surface area is 132 Å². The summed E-state index contributed by atoms with van der Waals surface area (Å²) in [5, 5.41) is 4.18. The molecule has 0 saturated carbocycles. The SMILES string of the molecule is COC(=O)c1oc2c(c1C)/C(=N/NC(=O)c1ccco1)CCC2. The summed E-state index contributed by atoms with van der Waals surface area (Å²) in [4.78, 5) is 23.6. The lowest BCUT2D eigenvalue weighted by molar-refractivity contribution is 0.0561. The van der Waals surface area contributed by atoms with Crippen molar-refractivity contribution in [1.82, 2.24) is 5.43 Å². The zero-order chi connectivity index (χ0) is 16.4. The van der Waals surface area contributed by atoms with Gasteiger partial charge in [-0.25, -0.2) is 10.2 Å². The van der Waals surface area contributed by atoms with Gasteiger partial charge in [0.2, 0.25) is 5.76 Å². The number of aryl methyl sites for hydroxylation is 1. The topological polar surface area (TPSA) is 94.0 Å². The third-order valence-electron chi connectivity index (χ3n) is 3.73. The number of furan rings is 2. The van der Waals surface area contributed by atoms with Gasteiger partial charge in [0.15, 0.2) is 5.76 Å². The fourth-order valence-corrected chi connectivity index (χ4v) is 2.65. The van der Waals surface area contributed by atoms with Gasteiger partial charge < -0.3 is 13.6 Å². The molecule has 0 atom stereocenters. The third-order valence-corrected chi connectivity index (χ3v) is 3.73. The molecule has 23 heavy (non-hydrogen) atoms. The van der Waals surface area contributed by atoms with E-state index in [2.05, 4.69) is 10.5 Å². The highest BCUT2D eigenvalue weighted by Gasteiger charge is 2.28. The first kappa shape index (κ1) is 15.1. The van der Waals surface area contributed by atoms with Crippen LogP contribution in [0.3, 0.4) is 0 Å². The summed E-state index contributed by atoms with van der Waals surface area (Å²) in [7, 11) is 1.31. The Hall–Kier alpha value is -2.83. The average molecular weight is 316 g/mol. The highest BCUT2D eigenvalue weighted by molar-refractivity contribution is 6.06. The first-order valence-electron chi connectivity index (χ1n) is 7.23. The van der Waals surface area contributed by atoms with Gasteiger partial charge in [-0.3, -0.25) is 4.79 Å². The standard InChI is InChI=1S/C16H16N2O5/c1-9-13-10(17-18-15(19)12-7-4-8-22-12)5-3-6-11(13)23-14(9)16(20)21-2/h4,7-8H,3,5-6H2,1-2H3,(H,18,19)/b17-10+. The van der Waals surface area contributed by atoms with Gasteiger partial charge in [-0.2, -0.15) is 5.10 Å². The number of rotatable bonds is 3. The molecule has 1 aliphatic carbocycles. The molecule has 2 aromatic heterocycles. The zero-order valence-electron chi connectivity index (χ0n) is 12.8. The molecular formula is C16H16N2O5. The number of fused-ring (bicyclic) bond motifs is 1. The van der Waals surface area contributed by atoms with Crippen molar-refractivity contribution in [2.45, 2.75) is 26.2 Å². The normalized spacial score (nSPS) is 15.3.